The van der Waals surface area contributed by atoms with Crippen molar-refractivity contribution in [3.63, 3.8) is 0 Å². The molecule has 0 aliphatic rings. The first-order valence-electron chi connectivity index (χ1n) is 3.88. The Kier molecular flexibility index (Phi) is 2.94. The molecule has 1 atom stereocenters. The van der Waals surface area contributed by atoms with E-state index in [1.807, 2.05) is 0 Å². The largest absolute Gasteiger partial charge is 0.420 e. The average Bonchev–Trinajstić information content (AvgIpc) is 2.50. The molecule has 0 spiro atoms. The van der Waals surface area contributed by atoms with Crippen molar-refractivity contribution in [1.29, 1.82) is 0 Å². The lowest BCUT2D eigenvalue weighted by Gasteiger charge is -2.10. The van der Waals surface area contributed by atoms with E-state index in [9.17, 15) is 5.11 Å². The van der Waals surface area contributed by atoms with Crippen molar-refractivity contribution in [2.45, 2.75) is 25.5 Å². The van der Waals surface area contributed by atoms with Crippen molar-refractivity contribution in [1.82, 2.24) is 10.2 Å². The standard InChI is InChI=1S/C7H13N3O2S/c1-7(2,11)6-10-9-5(12-6)4(8)3-13/h4,11,13H,3,8H2,1-2H3/t4-/m0/s1. The molecule has 1 rings (SSSR count). The Bertz CT molecular complexity index is 282. The average molecular weight is 203 g/mol. The number of nitrogens with zero attached hydrogens (tertiary/aromatic N) is 2. The molecule has 0 aliphatic heterocycles. The lowest BCUT2D eigenvalue weighted by atomic mass is 10.1. The zero-order chi connectivity index (χ0) is 10.1. The highest BCUT2D eigenvalue weighted by Gasteiger charge is 2.24. The summed E-state index contributed by atoms with van der Waals surface area (Å²) >= 11 is 3.99. The second kappa shape index (κ2) is 3.65. The summed E-state index contributed by atoms with van der Waals surface area (Å²) in [5.74, 6) is 0.889. The molecule has 0 saturated carbocycles. The molecule has 0 fully saturated rings. The molecule has 6 heteroatoms. The van der Waals surface area contributed by atoms with Gasteiger partial charge in [0, 0.05) is 5.75 Å². The molecule has 13 heavy (non-hydrogen) atoms. The minimum atomic E-state index is -1.12. The van der Waals surface area contributed by atoms with Crippen LogP contribution >= 0.6 is 12.6 Å². The van der Waals surface area contributed by atoms with Crippen molar-refractivity contribution in [2.75, 3.05) is 5.75 Å². The Balaban J connectivity index is 2.87. The fourth-order valence-corrected chi connectivity index (χ4v) is 0.866. The molecule has 1 aromatic heterocycles. The number of aromatic nitrogens is 2. The molecular formula is C7H13N3O2S. The maximum absolute atomic E-state index is 9.50. The number of hydrogen-bond acceptors (Lipinski definition) is 6. The van der Waals surface area contributed by atoms with Gasteiger partial charge in [-0.05, 0) is 13.8 Å². The second-order valence-corrected chi connectivity index (χ2v) is 3.66. The summed E-state index contributed by atoms with van der Waals surface area (Å²) in [6.07, 6.45) is 0. The third kappa shape index (κ3) is 2.43. The van der Waals surface area contributed by atoms with Gasteiger partial charge in [-0.25, -0.2) is 0 Å². The minimum Gasteiger partial charge on any atom is -0.420 e. The summed E-state index contributed by atoms with van der Waals surface area (Å²) in [5.41, 5.74) is 4.47. The van der Waals surface area contributed by atoms with E-state index in [4.69, 9.17) is 10.2 Å². The van der Waals surface area contributed by atoms with E-state index in [0.29, 0.717) is 11.6 Å². The maximum Gasteiger partial charge on any atom is 0.247 e. The van der Waals surface area contributed by atoms with Crippen LogP contribution in [0.1, 0.15) is 31.7 Å². The molecule has 0 radical (unpaired) electrons. The van der Waals surface area contributed by atoms with E-state index in [0.717, 1.165) is 0 Å². The fraction of sp³-hybridized carbons (Fsp3) is 0.714. The van der Waals surface area contributed by atoms with Gasteiger partial charge in [0.1, 0.15) is 5.60 Å². The summed E-state index contributed by atoms with van der Waals surface area (Å²) in [4.78, 5) is 0. The highest BCUT2D eigenvalue weighted by Crippen LogP contribution is 2.19. The van der Waals surface area contributed by atoms with Crippen LogP contribution in [-0.4, -0.2) is 21.1 Å². The molecule has 0 amide bonds. The van der Waals surface area contributed by atoms with Gasteiger partial charge >= 0.3 is 0 Å². The van der Waals surface area contributed by atoms with Gasteiger partial charge in [0.25, 0.3) is 0 Å². The van der Waals surface area contributed by atoms with Crippen LogP contribution in [0.25, 0.3) is 0 Å². The molecule has 1 aromatic rings. The highest BCUT2D eigenvalue weighted by atomic mass is 32.1. The first kappa shape index (κ1) is 10.5. The third-order valence-electron chi connectivity index (χ3n) is 1.48. The monoisotopic (exact) mass is 203 g/mol. The van der Waals surface area contributed by atoms with Gasteiger partial charge in [0.05, 0.1) is 6.04 Å². The summed E-state index contributed by atoms with van der Waals surface area (Å²) in [6, 6.07) is -0.382. The first-order chi connectivity index (χ1) is 5.95. The Morgan fingerprint density at radius 1 is 1.62 bits per heavy atom. The van der Waals surface area contributed by atoms with Gasteiger partial charge in [0.15, 0.2) is 0 Å². The van der Waals surface area contributed by atoms with Crippen LogP contribution in [0.2, 0.25) is 0 Å². The highest BCUT2D eigenvalue weighted by molar-refractivity contribution is 7.80. The second-order valence-electron chi connectivity index (χ2n) is 3.29. The normalized spacial score (nSPS) is 14.5. The molecule has 0 bridgehead atoms. The smallest absolute Gasteiger partial charge is 0.247 e. The van der Waals surface area contributed by atoms with Crippen molar-refractivity contribution in [3.8, 4) is 0 Å². The van der Waals surface area contributed by atoms with Gasteiger partial charge in [-0.15, -0.1) is 10.2 Å². The van der Waals surface area contributed by atoms with E-state index in [1.54, 1.807) is 13.8 Å². The Morgan fingerprint density at radius 2 is 2.23 bits per heavy atom. The topological polar surface area (TPSA) is 85.2 Å². The first-order valence-corrected chi connectivity index (χ1v) is 4.51. The van der Waals surface area contributed by atoms with Crippen LogP contribution in [0.5, 0.6) is 0 Å². The SMILES string of the molecule is CC(C)(O)c1nnc([C@@H](N)CS)o1. The van der Waals surface area contributed by atoms with Crippen LogP contribution in [0, 0.1) is 0 Å². The summed E-state index contributed by atoms with van der Waals surface area (Å²) < 4.78 is 5.15. The predicted molar refractivity (Wildman–Crippen MR) is 50.3 cm³/mol. The van der Waals surface area contributed by atoms with Gasteiger partial charge < -0.3 is 15.3 Å². The summed E-state index contributed by atoms with van der Waals surface area (Å²) in [6.45, 7) is 3.13. The number of nitrogens with two attached hydrogens (primary N) is 1. The lowest BCUT2D eigenvalue weighted by molar-refractivity contribution is 0.0467. The lowest BCUT2D eigenvalue weighted by Crippen LogP contribution is -2.16. The molecule has 3 N–H and O–H groups in total. The fourth-order valence-electron chi connectivity index (χ4n) is 0.710. The van der Waals surface area contributed by atoms with Crippen LogP contribution in [0.15, 0.2) is 4.42 Å². The number of aliphatic hydroxyl groups is 1. The maximum atomic E-state index is 9.50. The summed E-state index contributed by atoms with van der Waals surface area (Å²) in [7, 11) is 0. The van der Waals surface area contributed by atoms with E-state index in [1.165, 1.54) is 0 Å². The van der Waals surface area contributed by atoms with Crippen molar-refractivity contribution < 1.29 is 9.52 Å². The zero-order valence-electron chi connectivity index (χ0n) is 7.56. The summed E-state index contributed by atoms with van der Waals surface area (Å²) in [5, 5.41) is 16.9. The molecule has 5 nitrogen and oxygen atoms in total. The molecule has 0 saturated heterocycles. The van der Waals surface area contributed by atoms with E-state index >= 15 is 0 Å². The molecule has 0 unspecified atom stereocenters. The van der Waals surface area contributed by atoms with Crippen LogP contribution in [0.4, 0.5) is 0 Å². The predicted octanol–water partition coefficient (Wildman–Crippen LogP) is 0.227. The van der Waals surface area contributed by atoms with E-state index < -0.39 is 5.60 Å². The zero-order valence-corrected chi connectivity index (χ0v) is 8.45. The number of thiol groups is 1. The number of rotatable bonds is 3. The van der Waals surface area contributed by atoms with Crippen LogP contribution in [0.3, 0.4) is 0 Å². The third-order valence-corrected chi connectivity index (χ3v) is 1.87. The van der Waals surface area contributed by atoms with Gasteiger partial charge in [0.2, 0.25) is 11.8 Å². The Morgan fingerprint density at radius 3 is 2.62 bits per heavy atom. The van der Waals surface area contributed by atoms with Crippen LogP contribution in [-0.2, 0) is 5.60 Å². The Hall–Kier alpha value is -0.590. The quantitative estimate of drug-likeness (QED) is 0.612. The van der Waals surface area contributed by atoms with Gasteiger partial charge in [-0.3, -0.25) is 0 Å². The van der Waals surface area contributed by atoms with E-state index in [2.05, 4.69) is 22.8 Å². The molecule has 0 aromatic carbocycles. The van der Waals surface area contributed by atoms with Gasteiger partial charge in [-0.1, -0.05) is 0 Å². The van der Waals surface area contributed by atoms with Crippen molar-refractivity contribution in [3.05, 3.63) is 11.8 Å². The Labute approximate surface area is 81.7 Å². The van der Waals surface area contributed by atoms with Crippen molar-refractivity contribution >= 4 is 12.6 Å². The molecule has 1 heterocycles. The van der Waals surface area contributed by atoms with Gasteiger partial charge in [-0.2, -0.15) is 12.6 Å². The van der Waals surface area contributed by atoms with Crippen molar-refractivity contribution in [2.24, 2.45) is 5.73 Å². The minimum absolute atomic E-state index is 0.166. The van der Waals surface area contributed by atoms with Crippen LogP contribution < -0.4 is 5.73 Å². The van der Waals surface area contributed by atoms with E-state index in [-0.39, 0.29) is 11.9 Å². The molecular weight excluding hydrogens is 190 g/mol. The molecule has 74 valence electrons. The molecule has 0 aliphatic carbocycles. The number of hydrogen-bond donors (Lipinski definition) is 3.